The predicted molar refractivity (Wildman–Crippen MR) is 77.2 cm³/mol. The van der Waals surface area contributed by atoms with Gasteiger partial charge in [-0.1, -0.05) is 41.5 Å². The first kappa shape index (κ1) is 15.0. The maximum atomic E-state index is 2.43. The van der Waals surface area contributed by atoms with Crippen LogP contribution in [0.25, 0.3) is 0 Å². The van der Waals surface area contributed by atoms with E-state index < -0.39 is 0 Å². The van der Waals surface area contributed by atoms with Crippen LogP contribution in [0.5, 0.6) is 0 Å². The monoisotopic (exact) mass is 239 g/mol. The van der Waals surface area contributed by atoms with Gasteiger partial charge in [-0.25, -0.2) is 0 Å². The van der Waals surface area contributed by atoms with Crippen LogP contribution in [-0.2, 0) is 0 Å². The average molecular weight is 239 g/mol. The molecule has 3 atom stereocenters. The lowest BCUT2D eigenvalue weighted by atomic mass is 9.58. The van der Waals surface area contributed by atoms with E-state index in [0.29, 0.717) is 10.8 Å². The Labute approximate surface area is 109 Å². The summed E-state index contributed by atoms with van der Waals surface area (Å²) >= 11 is 0. The molecule has 1 aliphatic carbocycles. The van der Waals surface area contributed by atoms with Crippen molar-refractivity contribution >= 4 is 0 Å². The molecule has 0 spiro atoms. The second kappa shape index (κ2) is 4.91. The van der Waals surface area contributed by atoms with Crippen LogP contribution in [0.1, 0.15) is 60.8 Å². The minimum Gasteiger partial charge on any atom is -0.306 e. The summed E-state index contributed by atoms with van der Waals surface area (Å²) in [6, 6.07) is 0.790. The second-order valence-electron chi connectivity index (χ2n) is 8.38. The van der Waals surface area contributed by atoms with Crippen LogP contribution >= 0.6 is 0 Å². The van der Waals surface area contributed by atoms with Gasteiger partial charge >= 0.3 is 0 Å². The van der Waals surface area contributed by atoms with Crippen molar-refractivity contribution in [2.45, 2.75) is 66.8 Å². The normalized spacial score (nSPS) is 31.9. The topological polar surface area (TPSA) is 3.24 Å². The SMILES string of the molecule is CN(C)C1CCC(C(C)(C)C)C(C(C)(C)C)C1. The Bertz CT molecular complexity index is 241. The summed E-state index contributed by atoms with van der Waals surface area (Å²) in [4.78, 5) is 2.43. The van der Waals surface area contributed by atoms with E-state index in [2.05, 4.69) is 60.5 Å². The van der Waals surface area contributed by atoms with Crippen LogP contribution < -0.4 is 0 Å². The average Bonchev–Trinajstić information content (AvgIpc) is 2.14. The van der Waals surface area contributed by atoms with Gasteiger partial charge in [0.05, 0.1) is 0 Å². The Morgan fingerprint density at radius 2 is 1.24 bits per heavy atom. The smallest absolute Gasteiger partial charge is 0.00922 e. The quantitative estimate of drug-likeness (QED) is 0.654. The first-order valence-corrected chi connectivity index (χ1v) is 7.20. The Morgan fingerprint density at radius 1 is 0.765 bits per heavy atom. The molecule has 1 aliphatic rings. The van der Waals surface area contributed by atoms with Gasteiger partial charge in [0, 0.05) is 6.04 Å². The van der Waals surface area contributed by atoms with Gasteiger partial charge in [-0.15, -0.1) is 0 Å². The third kappa shape index (κ3) is 3.71. The fourth-order valence-corrected chi connectivity index (χ4v) is 3.61. The van der Waals surface area contributed by atoms with Crippen molar-refractivity contribution < 1.29 is 0 Å². The van der Waals surface area contributed by atoms with Gasteiger partial charge in [0.2, 0.25) is 0 Å². The third-order valence-corrected chi connectivity index (χ3v) is 4.78. The van der Waals surface area contributed by atoms with Crippen LogP contribution in [0.4, 0.5) is 0 Å². The zero-order valence-corrected chi connectivity index (χ0v) is 13.3. The Hall–Kier alpha value is -0.0400. The molecule has 1 heteroatoms. The summed E-state index contributed by atoms with van der Waals surface area (Å²) in [6.45, 7) is 14.5. The minimum absolute atomic E-state index is 0.437. The van der Waals surface area contributed by atoms with E-state index in [-0.39, 0.29) is 0 Å². The minimum atomic E-state index is 0.437. The molecular formula is C16H33N. The van der Waals surface area contributed by atoms with Gasteiger partial charge in [-0.05, 0) is 56.0 Å². The van der Waals surface area contributed by atoms with Crippen molar-refractivity contribution in [1.29, 1.82) is 0 Å². The highest BCUT2D eigenvalue weighted by Gasteiger charge is 2.42. The molecule has 0 N–H and O–H groups in total. The first-order valence-electron chi connectivity index (χ1n) is 7.20. The molecule has 0 aromatic carbocycles. The molecule has 17 heavy (non-hydrogen) atoms. The summed E-state index contributed by atoms with van der Waals surface area (Å²) in [6.07, 6.45) is 4.15. The van der Waals surface area contributed by atoms with Gasteiger partial charge in [0.15, 0.2) is 0 Å². The van der Waals surface area contributed by atoms with Gasteiger partial charge in [0.25, 0.3) is 0 Å². The highest BCUT2D eigenvalue weighted by molar-refractivity contribution is 4.93. The summed E-state index contributed by atoms with van der Waals surface area (Å²) in [7, 11) is 4.48. The molecule has 1 rings (SSSR count). The zero-order chi connectivity index (χ0) is 13.4. The Morgan fingerprint density at radius 3 is 1.59 bits per heavy atom. The van der Waals surface area contributed by atoms with Crippen molar-refractivity contribution in [3.63, 3.8) is 0 Å². The van der Waals surface area contributed by atoms with Crippen LogP contribution in [0.15, 0.2) is 0 Å². The van der Waals surface area contributed by atoms with E-state index in [0.717, 1.165) is 17.9 Å². The molecule has 0 bridgehead atoms. The van der Waals surface area contributed by atoms with E-state index in [1.165, 1.54) is 19.3 Å². The molecule has 0 aromatic heterocycles. The number of rotatable bonds is 1. The molecule has 0 saturated heterocycles. The van der Waals surface area contributed by atoms with Gasteiger partial charge in [-0.2, -0.15) is 0 Å². The van der Waals surface area contributed by atoms with Crippen molar-refractivity contribution in [1.82, 2.24) is 4.90 Å². The van der Waals surface area contributed by atoms with Gasteiger partial charge in [0.1, 0.15) is 0 Å². The number of hydrogen-bond donors (Lipinski definition) is 0. The van der Waals surface area contributed by atoms with Crippen molar-refractivity contribution in [2.24, 2.45) is 22.7 Å². The molecule has 1 fully saturated rings. The van der Waals surface area contributed by atoms with E-state index in [1.807, 2.05) is 0 Å². The summed E-state index contributed by atoms with van der Waals surface area (Å²) in [5.41, 5.74) is 0.891. The van der Waals surface area contributed by atoms with Crippen LogP contribution in [-0.4, -0.2) is 25.0 Å². The van der Waals surface area contributed by atoms with E-state index in [9.17, 15) is 0 Å². The molecule has 0 heterocycles. The Balaban J connectivity index is 2.88. The lowest BCUT2D eigenvalue weighted by molar-refractivity contribution is 0.00271. The van der Waals surface area contributed by atoms with Crippen molar-refractivity contribution in [3.8, 4) is 0 Å². The van der Waals surface area contributed by atoms with Crippen LogP contribution in [0.2, 0.25) is 0 Å². The molecule has 0 amide bonds. The van der Waals surface area contributed by atoms with E-state index >= 15 is 0 Å². The summed E-state index contributed by atoms with van der Waals surface area (Å²) in [5.74, 6) is 1.72. The lowest BCUT2D eigenvalue weighted by Crippen LogP contribution is -2.45. The van der Waals surface area contributed by atoms with E-state index in [4.69, 9.17) is 0 Å². The van der Waals surface area contributed by atoms with Crippen LogP contribution in [0, 0.1) is 22.7 Å². The van der Waals surface area contributed by atoms with Crippen molar-refractivity contribution in [2.75, 3.05) is 14.1 Å². The number of hydrogen-bond acceptors (Lipinski definition) is 1. The number of nitrogens with zero attached hydrogens (tertiary/aromatic N) is 1. The molecule has 0 radical (unpaired) electrons. The lowest BCUT2D eigenvalue weighted by Gasteiger charge is -2.50. The Kier molecular flexibility index (Phi) is 4.34. The maximum absolute atomic E-state index is 2.43. The molecule has 1 nitrogen and oxygen atoms in total. The summed E-state index contributed by atoms with van der Waals surface area (Å²) in [5, 5.41) is 0. The standard InChI is InChI=1S/C16H33N/c1-15(2,3)13-10-9-12(17(7)8)11-14(13)16(4,5)6/h12-14H,9-11H2,1-8H3. The first-order chi connectivity index (χ1) is 7.53. The molecule has 3 unspecified atom stereocenters. The van der Waals surface area contributed by atoms with Crippen molar-refractivity contribution in [3.05, 3.63) is 0 Å². The second-order valence-corrected chi connectivity index (χ2v) is 8.38. The highest BCUT2D eigenvalue weighted by Crippen LogP contribution is 2.49. The maximum Gasteiger partial charge on any atom is 0.00922 e. The fourth-order valence-electron chi connectivity index (χ4n) is 3.61. The zero-order valence-electron chi connectivity index (χ0n) is 13.3. The van der Waals surface area contributed by atoms with E-state index in [1.54, 1.807) is 0 Å². The largest absolute Gasteiger partial charge is 0.306 e. The molecular weight excluding hydrogens is 206 g/mol. The third-order valence-electron chi connectivity index (χ3n) is 4.78. The van der Waals surface area contributed by atoms with Gasteiger partial charge < -0.3 is 4.90 Å². The predicted octanol–water partition coefficient (Wildman–Crippen LogP) is 4.43. The molecule has 102 valence electrons. The summed E-state index contributed by atoms with van der Waals surface area (Å²) < 4.78 is 0. The van der Waals surface area contributed by atoms with Crippen LogP contribution in [0.3, 0.4) is 0 Å². The fraction of sp³-hybridized carbons (Fsp3) is 1.00. The molecule has 1 saturated carbocycles. The molecule has 0 aromatic rings. The highest BCUT2D eigenvalue weighted by atomic mass is 15.1. The van der Waals surface area contributed by atoms with Gasteiger partial charge in [-0.3, -0.25) is 0 Å². The molecule has 0 aliphatic heterocycles.